The lowest BCUT2D eigenvalue weighted by atomic mass is 9.41. The molecule has 27 heavy (non-hydrogen) atoms. The third kappa shape index (κ3) is 2.60. The van der Waals surface area contributed by atoms with Gasteiger partial charge in [-0.25, -0.2) is 0 Å². The maximum absolute atomic E-state index is 11.8. The topological polar surface area (TPSA) is 85.4 Å². The molecule has 3 N–H and O–H groups in total. The van der Waals surface area contributed by atoms with Gasteiger partial charge in [-0.3, -0.25) is 0 Å². The van der Waals surface area contributed by atoms with Crippen molar-refractivity contribution in [2.24, 2.45) is 50.7 Å². The molecule has 4 fully saturated rings. The summed E-state index contributed by atoms with van der Waals surface area (Å²) in [5, 5.41) is 37.6. The standard InChI is InChI=1S/C22H36N2O3/c1-13(23-26)17-7-8-18-16-6-5-14-11-15(24-27)9-10-20(14,2)19(16)22(4,25)12-21(17,18)3/h14,16-19,25-27H,5-12H2,1-4H3/b23-13+,24-15+/t14-,16-,17+,18-,19-,20-,21+,22+/m0/s1. The first-order chi connectivity index (χ1) is 12.7. The summed E-state index contributed by atoms with van der Waals surface area (Å²) in [5.74, 6) is 2.20. The molecule has 0 unspecified atom stereocenters. The Balaban J connectivity index is 1.71. The zero-order valence-electron chi connectivity index (χ0n) is 17.3. The molecule has 4 saturated carbocycles. The van der Waals surface area contributed by atoms with Crippen molar-refractivity contribution in [2.45, 2.75) is 84.7 Å². The van der Waals surface area contributed by atoms with E-state index in [-0.39, 0.29) is 16.7 Å². The second kappa shape index (κ2) is 6.20. The summed E-state index contributed by atoms with van der Waals surface area (Å²) in [4.78, 5) is 0. The molecule has 0 aromatic heterocycles. The molecule has 4 rings (SSSR count). The van der Waals surface area contributed by atoms with Crippen molar-refractivity contribution < 1.29 is 15.5 Å². The van der Waals surface area contributed by atoms with Crippen LogP contribution < -0.4 is 0 Å². The lowest BCUT2D eigenvalue weighted by Gasteiger charge is -2.65. The van der Waals surface area contributed by atoms with Crippen LogP contribution in [-0.4, -0.2) is 32.5 Å². The summed E-state index contributed by atoms with van der Waals surface area (Å²) in [6, 6.07) is 0. The van der Waals surface area contributed by atoms with Crippen LogP contribution in [0.25, 0.3) is 0 Å². The van der Waals surface area contributed by atoms with E-state index in [2.05, 4.69) is 31.1 Å². The predicted molar refractivity (Wildman–Crippen MR) is 105 cm³/mol. The Morgan fingerprint density at radius 3 is 2.44 bits per heavy atom. The van der Waals surface area contributed by atoms with Crippen LogP contribution in [0, 0.1) is 40.4 Å². The molecule has 5 nitrogen and oxygen atoms in total. The van der Waals surface area contributed by atoms with Crippen LogP contribution in [-0.2, 0) is 0 Å². The molecule has 0 amide bonds. The zero-order chi connectivity index (χ0) is 19.6. The molecule has 8 atom stereocenters. The summed E-state index contributed by atoms with van der Waals surface area (Å²) < 4.78 is 0. The maximum atomic E-state index is 11.8. The lowest BCUT2D eigenvalue weighted by molar-refractivity contribution is -0.206. The number of aliphatic hydroxyl groups is 1. The fourth-order valence-corrected chi connectivity index (χ4v) is 8.68. The van der Waals surface area contributed by atoms with Gasteiger partial charge in [0.2, 0.25) is 0 Å². The molecular formula is C22H36N2O3. The highest BCUT2D eigenvalue weighted by atomic mass is 16.4. The van der Waals surface area contributed by atoms with E-state index in [0.717, 1.165) is 56.4 Å². The molecule has 4 aliphatic rings. The minimum absolute atomic E-state index is 0.0105. The normalized spacial score (nSPS) is 54.3. The smallest absolute Gasteiger partial charge is 0.0661 e. The van der Waals surface area contributed by atoms with Crippen LogP contribution in [0.5, 0.6) is 0 Å². The van der Waals surface area contributed by atoms with E-state index >= 15 is 0 Å². The summed E-state index contributed by atoms with van der Waals surface area (Å²) >= 11 is 0. The van der Waals surface area contributed by atoms with E-state index in [1.807, 2.05) is 6.92 Å². The SMILES string of the molecule is C/C(=N\O)[C@H]1CC[C@H]2[C@@H]3CC[C@H]4C/C(=N/O)CC[C@]4(C)[C@H]3[C@](C)(O)C[C@]12C. The van der Waals surface area contributed by atoms with E-state index in [4.69, 9.17) is 0 Å². The minimum atomic E-state index is -0.713. The molecule has 4 aliphatic carbocycles. The molecule has 0 heterocycles. The van der Waals surface area contributed by atoms with Gasteiger partial charge in [0.25, 0.3) is 0 Å². The first-order valence-corrected chi connectivity index (χ1v) is 10.8. The van der Waals surface area contributed by atoms with Crippen molar-refractivity contribution in [1.29, 1.82) is 0 Å². The van der Waals surface area contributed by atoms with Crippen LogP contribution >= 0.6 is 0 Å². The fraction of sp³-hybridized carbons (Fsp3) is 0.909. The Morgan fingerprint density at radius 1 is 1.04 bits per heavy atom. The molecule has 0 bridgehead atoms. The van der Waals surface area contributed by atoms with Crippen molar-refractivity contribution in [3.8, 4) is 0 Å². The van der Waals surface area contributed by atoms with E-state index in [9.17, 15) is 15.5 Å². The van der Waals surface area contributed by atoms with Gasteiger partial charge in [-0.05, 0) is 99.7 Å². The number of oxime groups is 2. The highest BCUT2D eigenvalue weighted by Crippen LogP contribution is 2.69. The average Bonchev–Trinajstić information content (AvgIpc) is 2.95. The van der Waals surface area contributed by atoms with E-state index < -0.39 is 5.60 Å². The Bertz CT molecular complexity index is 672. The largest absolute Gasteiger partial charge is 0.411 e. The van der Waals surface area contributed by atoms with Gasteiger partial charge < -0.3 is 15.5 Å². The van der Waals surface area contributed by atoms with Crippen LogP contribution in [0.2, 0.25) is 0 Å². The minimum Gasteiger partial charge on any atom is -0.411 e. The molecule has 0 aromatic rings. The van der Waals surface area contributed by atoms with E-state index in [1.54, 1.807) is 0 Å². The third-order valence-electron chi connectivity index (χ3n) is 9.49. The fourth-order valence-electron chi connectivity index (χ4n) is 8.68. The Morgan fingerprint density at radius 2 is 1.78 bits per heavy atom. The van der Waals surface area contributed by atoms with Gasteiger partial charge in [0.15, 0.2) is 0 Å². The molecule has 152 valence electrons. The van der Waals surface area contributed by atoms with Gasteiger partial charge >= 0.3 is 0 Å². The van der Waals surface area contributed by atoms with Gasteiger partial charge in [-0.1, -0.05) is 24.2 Å². The Hall–Kier alpha value is -1.10. The van der Waals surface area contributed by atoms with Crippen LogP contribution in [0.15, 0.2) is 10.3 Å². The molecule has 0 saturated heterocycles. The monoisotopic (exact) mass is 376 g/mol. The summed E-state index contributed by atoms with van der Waals surface area (Å²) in [7, 11) is 0. The van der Waals surface area contributed by atoms with Crippen LogP contribution in [0.4, 0.5) is 0 Å². The van der Waals surface area contributed by atoms with E-state index in [1.165, 1.54) is 6.42 Å². The van der Waals surface area contributed by atoms with Gasteiger partial charge in [0.1, 0.15) is 0 Å². The highest BCUT2D eigenvalue weighted by Gasteiger charge is 2.66. The number of nitrogens with zero attached hydrogens (tertiary/aromatic N) is 2. The van der Waals surface area contributed by atoms with E-state index in [0.29, 0.717) is 23.7 Å². The zero-order valence-corrected chi connectivity index (χ0v) is 17.3. The predicted octanol–water partition coefficient (Wildman–Crippen LogP) is 4.69. The van der Waals surface area contributed by atoms with Gasteiger partial charge in [0.05, 0.1) is 17.0 Å². The van der Waals surface area contributed by atoms with Gasteiger partial charge in [-0.15, -0.1) is 0 Å². The number of rotatable bonds is 1. The molecule has 5 heteroatoms. The summed E-state index contributed by atoms with van der Waals surface area (Å²) in [6.07, 6.45) is 8.09. The lowest BCUT2D eigenvalue weighted by Crippen LogP contribution is -2.63. The van der Waals surface area contributed by atoms with Crippen LogP contribution in [0.3, 0.4) is 0 Å². The second-order valence-electron chi connectivity index (χ2n) is 10.8. The number of hydrogen-bond acceptors (Lipinski definition) is 5. The highest BCUT2D eigenvalue weighted by molar-refractivity contribution is 5.85. The van der Waals surface area contributed by atoms with Crippen molar-refractivity contribution in [1.82, 2.24) is 0 Å². The van der Waals surface area contributed by atoms with Crippen molar-refractivity contribution in [3.05, 3.63) is 0 Å². The summed E-state index contributed by atoms with van der Waals surface area (Å²) in [6.45, 7) is 8.73. The maximum Gasteiger partial charge on any atom is 0.0661 e. The molecular weight excluding hydrogens is 340 g/mol. The molecule has 0 aliphatic heterocycles. The summed E-state index contributed by atoms with van der Waals surface area (Å²) in [5.41, 5.74) is 1.18. The third-order valence-corrected chi connectivity index (χ3v) is 9.49. The first-order valence-electron chi connectivity index (χ1n) is 10.8. The number of hydrogen-bond donors (Lipinski definition) is 3. The van der Waals surface area contributed by atoms with Crippen molar-refractivity contribution in [3.63, 3.8) is 0 Å². The number of fused-ring (bicyclic) bond motifs is 5. The second-order valence-corrected chi connectivity index (χ2v) is 10.8. The van der Waals surface area contributed by atoms with Gasteiger partial charge in [0, 0.05) is 5.92 Å². The molecule has 0 radical (unpaired) electrons. The average molecular weight is 377 g/mol. The first kappa shape index (κ1) is 19.2. The Labute approximate surface area is 162 Å². The van der Waals surface area contributed by atoms with Gasteiger partial charge in [-0.2, -0.15) is 0 Å². The molecule has 0 aromatic carbocycles. The Kier molecular flexibility index (Phi) is 4.41. The molecule has 0 spiro atoms. The van der Waals surface area contributed by atoms with Crippen molar-refractivity contribution in [2.75, 3.05) is 0 Å². The van der Waals surface area contributed by atoms with Crippen molar-refractivity contribution >= 4 is 11.4 Å². The van der Waals surface area contributed by atoms with Crippen LogP contribution in [0.1, 0.15) is 79.1 Å². The quantitative estimate of drug-likeness (QED) is 0.353.